The molecule has 3 rings (SSSR count). The van der Waals surface area contributed by atoms with Crippen molar-refractivity contribution in [2.24, 2.45) is 0 Å². The number of ether oxygens (including phenoxy) is 2. The molecular formula is C29H28N2O6S. The predicted molar refractivity (Wildman–Crippen MR) is 147 cm³/mol. The lowest BCUT2D eigenvalue weighted by atomic mass is 10.1. The maximum absolute atomic E-state index is 13.2. The number of hydrogen-bond acceptors (Lipinski definition) is 7. The quantitative estimate of drug-likeness (QED) is 0.150. The van der Waals surface area contributed by atoms with Crippen LogP contribution in [-0.4, -0.2) is 43.0 Å². The van der Waals surface area contributed by atoms with Crippen molar-refractivity contribution in [3.05, 3.63) is 95.7 Å². The van der Waals surface area contributed by atoms with Crippen molar-refractivity contribution in [1.82, 2.24) is 5.32 Å². The van der Waals surface area contributed by atoms with Crippen molar-refractivity contribution < 1.29 is 28.7 Å². The highest BCUT2D eigenvalue weighted by atomic mass is 32.2. The van der Waals surface area contributed by atoms with Gasteiger partial charge in [-0.25, -0.2) is 0 Å². The van der Waals surface area contributed by atoms with Gasteiger partial charge in [-0.3, -0.25) is 19.2 Å². The van der Waals surface area contributed by atoms with Crippen LogP contribution in [0.4, 0.5) is 5.69 Å². The number of nitrogens with one attached hydrogen (secondary N) is 2. The predicted octanol–water partition coefficient (Wildman–Crippen LogP) is 4.72. The van der Waals surface area contributed by atoms with Gasteiger partial charge < -0.3 is 20.1 Å². The highest BCUT2D eigenvalue weighted by Crippen LogP contribution is 2.21. The van der Waals surface area contributed by atoms with Gasteiger partial charge in [0.15, 0.2) is 5.78 Å². The first-order valence-corrected chi connectivity index (χ1v) is 12.8. The molecule has 0 saturated heterocycles. The van der Waals surface area contributed by atoms with Crippen molar-refractivity contribution in [1.29, 1.82) is 0 Å². The molecule has 9 heteroatoms. The van der Waals surface area contributed by atoms with Crippen LogP contribution in [0, 0.1) is 0 Å². The molecule has 0 heterocycles. The molecule has 0 saturated carbocycles. The third-order valence-corrected chi connectivity index (χ3v) is 6.19. The number of rotatable bonds is 12. The van der Waals surface area contributed by atoms with E-state index in [1.807, 2.05) is 0 Å². The molecule has 0 atom stereocenters. The first-order valence-electron chi connectivity index (χ1n) is 11.8. The van der Waals surface area contributed by atoms with E-state index in [1.165, 1.54) is 11.8 Å². The molecule has 0 radical (unpaired) electrons. The van der Waals surface area contributed by atoms with Crippen molar-refractivity contribution in [3.63, 3.8) is 0 Å². The van der Waals surface area contributed by atoms with Gasteiger partial charge in [0.1, 0.15) is 17.9 Å². The Labute approximate surface area is 225 Å². The number of carbonyl (C=O) groups excluding carboxylic acids is 4. The van der Waals surface area contributed by atoms with Crippen LogP contribution in [0.1, 0.15) is 29.3 Å². The first-order chi connectivity index (χ1) is 18.4. The van der Waals surface area contributed by atoms with E-state index in [9.17, 15) is 19.2 Å². The Kier molecular flexibility index (Phi) is 10.7. The molecule has 38 heavy (non-hydrogen) atoms. The Morgan fingerprint density at radius 1 is 0.895 bits per heavy atom. The zero-order chi connectivity index (χ0) is 27.3. The third kappa shape index (κ3) is 8.94. The minimum Gasteiger partial charge on any atom is -0.497 e. The second kappa shape index (κ2) is 14.4. The van der Waals surface area contributed by atoms with Gasteiger partial charge in [0.25, 0.3) is 11.8 Å². The van der Waals surface area contributed by atoms with E-state index in [0.29, 0.717) is 22.6 Å². The van der Waals surface area contributed by atoms with E-state index >= 15 is 0 Å². The normalized spacial score (nSPS) is 10.8. The summed E-state index contributed by atoms with van der Waals surface area (Å²) in [5, 5.41) is 5.49. The summed E-state index contributed by atoms with van der Waals surface area (Å²) in [6, 6.07) is 22.6. The molecule has 0 fully saturated rings. The van der Waals surface area contributed by atoms with Crippen LogP contribution in [0.15, 0.2) is 89.5 Å². The molecule has 0 aromatic heterocycles. The Morgan fingerprint density at radius 2 is 1.58 bits per heavy atom. The van der Waals surface area contributed by atoms with Crippen LogP contribution in [0.2, 0.25) is 0 Å². The number of ketones is 1. The lowest BCUT2D eigenvalue weighted by Crippen LogP contribution is -2.30. The van der Waals surface area contributed by atoms with Crippen LogP contribution >= 0.6 is 11.8 Å². The fourth-order valence-corrected chi connectivity index (χ4v) is 3.99. The van der Waals surface area contributed by atoms with E-state index in [2.05, 4.69) is 10.6 Å². The number of benzene rings is 3. The van der Waals surface area contributed by atoms with Crippen molar-refractivity contribution in [2.45, 2.75) is 18.2 Å². The molecule has 3 aromatic carbocycles. The monoisotopic (exact) mass is 532 g/mol. The maximum Gasteiger partial charge on any atom is 0.313 e. The minimum atomic E-state index is -0.533. The molecule has 196 valence electrons. The van der Waals surface area contributed by atoms with Gasteiger partial charge in [-0.15, -0.1) is 11.8 Å². The lowest BCUT2D eigenvalue weighted by molar-refractivity contribution is -0.145. The summed E-state index contributed by atoms with van der Waals surface area (Å²) in [4.78, 5) is 50.1. The van der Waals surface area contributed by atoms with E-state index in [0.717, 1.165) is 4.90 Å². The molecule has 0 aliphatic rings. The Bertz CT molecular complexity index is 1290. The van der Waals surface area contributed by atoms with Gasteiger partial charge in [-0.2, -0.15) is 0 Å². The van der Waals surface area contributed by atoms with E-state index in [-0.39, 0.29) is 30.3 Å². The molecule has 2 amide bonds. The van der Waals surface area contributed by atoms with Gasteiger partial charge in [-0.05, 0) is 67.1 Å². The van der Waals surface area contributed by atoms with E-state index in [1.54, 1.807) is 99.0 Å². The van der Waals surface area contributed by atoms with Crippen LogP contribution < -0.4 is 15.4 Å². The molecule has 0 aliphatic carbocycles. The number of thioether (sulfide) groups is 1. The van der Waals surface area contributed by atoms with Crippen LogP contribution in [0.3, 0.4) is 0 Å². The summed E-state index contributed by atoms with van der Waals surface area (Å²) >= 11 is 1.28. The molecule has 0 unspecified atom stereocenters. The summed E-state index contributed by atoms with van der Waals surface area (Å²) in [5.41, 5.74) is 1.68. The third-order valence-electron chi connectivity index (χ3n) is 5.11. The zero-order valence-electron chi connectivity index (χ0n) is 21.1. The number of anilines is 1. The Hall–Kier alpha value is -4.37. The van der Waals surface area contributed by atoms with Gasteiger partial charge >= 0.3 is 5.97 Å². The average molecular weight is 533 g/mol. The Balaban J connectivity index is 1.68. The molecule has 0 bridgehead atoms. The summed E-state index contributed by atoms with van der Waals surface area (Å²) in [5.74, 6) is -0.885. The topological polar surface area (TPSA) is 111 Å². The molecular weight excluding hydrogens is 504 g/mol. The van der Waals surface area contributed by atoms with E-state index < -0.39 is 17.8 Å². The summed E-state index contributed by atoms with van der Waals surface area (Å²) in [6.45, 7) is 1.92. The SMILES string of the molecule is CCOC(=O)CC(=O)CSc1ccc(NC(=O)/C(=C/c2ccc(OC)cc2)NC(=O)c2ccccc2)cc1. The summed E-state index contributed by atoms with van der Waals surface area (Å²) in [7, 11) is 1.56. The van der Waals surface area contributed by atoms with Gasteiger partial charge in [-0.1, -0.05) is 30.3 Å². The number of hydrogen-bond donors (Lipinski definition) is 2. The van der Waals surface area contributed by atoms with Crippen LogP contribution in [0.5, 0.6) is 5.75 Å². The van der Waals surface area contributed by atoms with Crippen LogP contribution in [-0.2, 0) is 19.1 Å². The lowest BCUT2D eigenvalue weighted by Gasteiger charge is -2.12. The first kappa shape index (κ1) is 28.2. The zero-order valence-corrected chi connectivity index (χ0v) is 21.9. The smallest absolute Gasteiger partial charge is 0.313 e. The summed E-state index contributed by atoms with van der Waals surface area (Å²) < 4.78 is 9.97. The van der Waals surface area contributed by atoms with E-state index in [4.69, 9.17) is 9.47 Å². The molecule has 0 spiro atoms. The fourth-order valence-electron chi connectivity index (χ4n) is 3.23. The standard InChI is InChI=1S/C29H28N2O6S/c1-3-37-27(33)18-23(32)19-38-25-15-11-22(12-16-25)30-29(35)26(17-20-9-13-24(36-2)14-10-20)31-28(34)21-7-5-4-6-8-21/h4-17H,3,18-19H2,1-2H3,(H,30,35)(H,31,34)/b26-17-. The van der Waals surface area contributed by atoms with Gasteiger partial charge in [0.05, 0.1) is 19.5 Å². The molecule has 2 N–H and O–H groups in total. The number of carbonyl (C=O) groups is 4. The maximum atomic E-state index is 13.2. The van der Waals surface area contributed by atoms with Crippen molar-refractivity contribution in [3.8, 4) is 5.75 Å². The molecule has 3 aromatic rings. The number of methoxy groups -OCH3 is 1. The minimum absolute atomic E-state index is 0.0621. The fraction of sp³-hybridized carbons (Fsp3) is 0.172. The van der Waals surface area contributed by atoms with Crippen LogP contribution in [0.25, 0.3) is 6.08 Å². The number of amides is 2. The Morgan fingerprint density at radius 3 is 2.21 bits per heavy atom. The largest absolute Gasteiger partial charge is 0.497 e. The average Bonchev–Trinajstić information content (AvgIpc) is 2.93. The molecule has 8 nitrogen and oxygen atoms in total. The van der Waals surface area contributed by atoms with Crippen molar-refractivity contribution >= 4 is 47.1 Å². The summed E-state index contributed by atoms with van der Waals surface area (Å²) in [6.07, 6.45) is 1.32. The second-order valence-electron chi connectivity index (χ2n) is 7.94. The molecule has 0 aliphatic heterocycles. The number of esters is 1. The highest BCUT2D eigenvalue weighted by molar-refractivity contribution is 8.00. The highest BCUT2D eigenvalue weighted by Gasteiger charge is 2.16. The second-order valence-corrected chi connectivity index (χ2v) is 8.99. The van der Waals surface area contributed by atoms with Gasteiger partial charge in [0.2, 0.25) is 0 Å². The van der Waals surface area contributed by atoms with Crippen molar-refractivity contribution in [2.75, 3.05) is 24.8 Å². The number of Topliss-reactive ketones (excluding diaryl/α,β-unsaturated/α-hetero) is 1. The van der Waals surface area contributed by atoms with Gasteiger partial charge in [0, 0.05) is 16.1 Å².